The van der Waals surface area contributed by atoms with Gasteiger partial charge in [-0.25, -0.2) is 4.52 Å². The van der Waals surface area contributed by atoms with Gasteiger partial charge in [0.2, 0.25) is 8.60 Å². The van der Waals surface area contributed by atoms with Crippen molar-refractivity contribution in [1.82, 2.24) is 0 Å². The molecule has 0 heterocycles. The molecule has 4 heteroatoms. The molecule has 0 saturated carbocycles. The average molecular weight is 171 g/mol. The van der Waals surface area contributed by atoms with Gasteiger partial charge < -0.3 is 4.52 Å². The molecule has 0 saturated heterocycles. The van der Waals surface area contributed by atoms with E-state index in [2.05, 4.69) is 13.9 Å². The molecule has 0 amide bonds. The summed E-state index contributed by atoms with van der Waals surface area (Å²) in [6.07, 6.45) is 0. The zero-order valence-electron chi connectivity index (χ0n) is 5.27. The fourth-order valence-electron chi connectivity index (χ4n) is 0.552. The molecule has 0 spiro atoms. The molecule has 1 aromatic carbocycles. The van der Waals surface area contributed by atoms with Gasteiger partial charge >= 0.3 is 0 Å². The van der Waals surface area contributed by atoms with Crippen molar-refractivity contribution in [3.05, 3.63) is 30.3 Å². The van der Waals surface area contributed by atoms with Crippen molar-refractivity contribution in [1.29, 1.82) is 0 Å². The molecule has 0 radical (unpaired) electrons. The van der Waals surface area contributed by atoms with E-state index in [9.17, 15) is 0 Å². The van der Waals surface area contributed by atoms with Crippen molar-refractivity contribution in [2.24, 2.45) is 4.52 Å². The van der Waals surface area contributed by atoms with E-state index in [0.717, 1.165) is 5.75 Å². The van der Waals surface area contributed by atoms with Crippen LogP contribution in [0.2, 0.25) is 0 Å². The van der Waals surface area contributed by atoms with Gasteiger partial charge in [0.25, 0.3) is 0 Å². The summed E-state index contributed by atoms with van der Waals surface area (Å²) in [7, 11) is 2.85. The Labute approximate surface area is 63.8 Å². The van der Waals surface area contributed by atoms with Crippen molar-refractivity contribution in [2.75, 3.05) is 0 Å². The second-order valence-electron chi connectivity index (χ2n) is 1.60. The highest BCUT2D eigenvalue weighted by molar-refractivity contribution is 7.31. The summed E-state index contributed by atoms with van der Waals surface area (Å²) in [6.45, 7) is 0. The van der Waals surface area contributed by atoms with Gasteiger partial charge in [0.15, 0.2) is 0 Å². The summed E-state index contributed by atoms with van der Waals surface area (Å²) in [6, 6.07) is 9.58. The SMILES string of the molecule is PN=POc1ccccc1. The van der Waals surface area contributed by atoms with Crippen LogP contribution in [0.3, 0.4) is 0 Å². The Morgan fingerprint density at radius 2 is 2.00 bits per heavy atom. The lowest BCUT2D eigenvalue weighted by atomic mass is 10.3. The summed E-state index contributed by atoms with van der Waals surface area (Å²) in [4.78, 5) is 0. The summed E-state index contributed by atoms with van der Waals surface area (Å²) in [5, 5.41) is 0. The molecule has 0 aliphatic heterocycles. The number of nitrogens with zero attached hydrogens (tertiary/aromatic N) is 1. The normalized spacial score (nSPS) is 10.1. The number of rotatable bonds is 2. The first-order chi connectivity index (χ1) is 4.93. The van der Waals surface area contributed by atoms with E-state index in [1.807, 2.05) is 30.3 Å². The van der Waals surface area contributed by atoms with E-state index >= 15 is 0 Å². The Balaban J connectivity index is 2.59. The summed E-state index contributed by atoms with van der Waals surface area (Å²) < 4.78 is 8.84. The lowest BCUT2D eigenvalue weighted by molar-refractivity contribution is 0.639. The van der Waals surface area contributed by atoms with E-state index in [-0.39, 0.29) is 0 Å². The molecule has 1 rings (SSSR count). The molecular weight excluding hydrogens is 164 g/mol. The maximum Gasteiger partial charge on any atom is 0.245 e. The summed E-state index contributed by atoms with van der Waals surface area (Å²) in [5.74, 6) is 0.843. The highest BCUT2D eigenvalue weighted by Crippen LogP contribution is 2.15. The van der Waals surface area contributed by atoms with Gasteiger partial charge in [-0.15, -0.1) is 0 Å². The number of benzene rings is 1. The second kappa shape index (κ2) is 4.38. The lowest BCUT2D eigenvalue weighted by Crippen LogP contribution is -1.70. The second-order valence-corrected chi connectivity index (χ2v) is 2.87. The van der Waals surface area contributed by atoms with Gasteiger partial charge in [0.1, 0.15) is 5.75 Å². The molecule has 0 N–H and O–H groups in total. The van der Waals surface area contributed by atoms with Gasteiger partial charge in [-0.1, -0.05) is 18.2 Å². The van der Waals surface area contributed by atoms with Gasteiger partial charge in [-0.2, -0.15) is 0 Å². The fourth-order valence-corrected chi connectivity index (χ4v) is 0.957. The van der Waals surface area contributed by atoms with Gasteiger partial charge in [0, 0.05) is 0 Å². The molecule has 0 bridgehead atoms. The third-order valence-corrected chi connectivity index (χ3v) is 1.61. The Hall–Kier alpha value is -0.450. The smallest absolute Gasteiger partial charge is 0.245 e. The number of hydrogen-bond donors (Lipinski definition) is 0. The van der Waals surface area contributed by atoms with E-state index < -0.39 is 0 Å². The number of para-hydroxylation sites is 1. The quantitative estimate of drug-likeness (QED) is 0.627. The molecule has 10 heavy (non-hydrogen) atoms. The first-order valence-electron chi connectivity index (χ1n) is 2.76. The van der Waals surface area contributed by atoms with Crippen LogP contribution in [0.15, 0.2) is 34.8 Å². The predicted octanol–water partition coefficient (Wildman–Crippen LogP) is 2.90. The van der Waals surface area contributed by atoms with E-state index in [4.69, 9.17) is 4.52 Å². The molecule has 0 aromatic heterocycles. The molecule has 0 aliphatic carbocycles. The highest BCUT2D eigenvalue weighted by Gasteiger charge is 1.84. The predicted molar refractivity (Wildman–Crippen MR) is 46.1 cm³/mol. The van der Waals surface area contributed by atoms with Crippen molar-refractivity contribution in [3.63, 3.8) is 0 Å². The van der Waals surface area contributed by atoms with E-state index in [0.29, 0.717) is 8.60 Å². The van der Waals surface area contributed by atoms with Crippen molar-refractivity contribution in [3.8, 4) is 5.75 Å². The molecule has 2 nitrogen and oxygen atoms in total. The van der Waals surface area contributed by atoms with Crippen LogP contribution in [0.5, 0.6) is 5.75 Å². The maximum atomic E-state index is 5.14. The van der Waals surface area contributed by atoms with Crippen molar-refractivity contribution in [2.45, 2.75) is 0 Å². The average Bonchev–Trinajstić information content (AvgIpc) is 2.03. The maximum absolute atomic E-state index is 5.14. The van der Waals surface area contributed by atoms with Crippen LogP contribution in [0.1, 0.15) is 0 Å². The van der Waals surface area contributed by atoms with Crippen LogP contribution in [-0.2, 0) is 0 Å². The fraction of sp³-hybridized carbons (Fsp3) is 0. The molecule has 52 valence electrons. The van der Waals surface area contributed by atoms with Crippen molar-refractivity contribution < 1.29 is 4.52 Å². The molecular formula is C6H7NOP2. The van der Waals surface area contributed by atoms with E-state index in [1.165, 1.54) is 0 Å². The monoisotopic (exact) mass is 171 g/mol. The third kappa shape index (κ3) is 2.43. The van der Waals surface area contributed by atoms with Crippen LogP contribution in [-0.4, -0.2) is 0 Å². The Bertz CT molecular complexity index is 212. The van der Waals surface area contributed by atoms with Crippen LogP contribution in [0, 0.1) is 0 Å². The lowest BCUT2D eigenvalue weighted by Gasteiger charge is -1.93. The molecule has 0 aliphatic rings. The Morgan fingerprint density at radius 3 is 2.60 bits per heavy atom. The van der Waals surface area contributed by atoms with Crippen molar-refractivity contribution >= 4 is 18.0 Å². The van der Waals surface area contributed by atoms with Crippen LogP contribution in [0.25, 0.3) is 0 Å². The summed E-state index contributed by atoms with van der Waals surface area (Å²) in [5.41, 5.74) is 0. The third-order valence-electron chi connectivity index (χ3n) is 0.937. The number of hydrogen-bond acceptors (Lipinski definition) is 2. The zero-order valence-corrected chi connectivity index (χ0v) is 7.32. The zero-order chi connectivity index (χ0) is 7.23. The standard InChI is InChI=1S/C6H7NOP2/c9-7-10-8-6-4-2-1-3-5-6/h1-5H,9H2. The van der Waals surface area contributed by atoms with Crippen LogP contribution in [0.4, 0.5) is 0 Å². The Kier molecular flexibility index (Phi) is 3.35. The molecule has 1 atom stereocenters. The van der Waals surface area contributed by atoms with Gasteiger partial charge in [-0.05, 0) is 21.5 Å². The Morgan fingerprint density at radius 1 is 1.30 bits per heavy atom. The minimum atomic E-state index is 0.615. The van der Waals surface area contributed by atoms with Crippen LogP contribution >= 0.6 is 18.0 Å². The minimum Gasteiger partial charge on any atom is -0.423 e. The van der Waals surface area contributed by atoms with Crippen LogP contribution < -0.4 is 4.52 Å². The minimum absolute atomic E-state index is 0.615. The highest BCUT2D eigenvalue weighted by atomic mass is 31.1. The first kappa shape index (κ1) is 7.65. The molecule has 0 fully saturated rings. The van der Waals surface area contributed by atoms with Gasteiger partial charge in [-0.3, -0.25) is 0 Å². The first-order valence-corrected chi connectivity index (χ1v) is 4.04. The largest absolute Gasteiger partial charge is 0.423 e. The molecule has 1 unspecified atom stereocenters. The topological polar surface area (TPSA) is 21.6 Å². The van der Waals surface area contributed by atoms with E-state index in [1.54, 1.807) is 0 Å². The van der Waals surface area contributed by atoms with Gasteiger partial charge in [0.05, 0.1) is 0 Å². The summed E-state index contributed by atoms with van der Waals surface area (Å²) >= 11 is 0. The molecule has 1 aromatic rings.